The van der Waals surface area contributed by atoms with Crippen LogP contribution in [-0.2, 0) is 6.42 Å². The van der Waals surface area contributed by atoms with E-state index in [0.717, 1.165) is 24.1 Å². The molecule has 0 aromatic heterocycles. The number of nitrogens with zero attached hydrogens (tertiary/aromatic N) is 1. The van der Waals surface area contributed by atoms with Crippen LogP contribution in [-0.4, -0.2) is 47.6 Å². The van der Waals surface area contributed by atoms with Crippen LogP contribution in [0.5, 0.6) is 11.5 Å². The van der Waals surface area contributed by atoms with Gasteiger partial charge in [0.25, 0.3) is 0 Å². The number of aryl methyl sites for hydroxylation is 2. The van der Waals surface area contributed by atoms with Crippen LogP contribution in [0.1, 0.15) is 43.4 Å². The second-order valence-corrected chi connectivity index (χ2v) is 9.74. The monoisotopic (exact) mass is 519 g/mol. The lowest BCUT2D eigenvalue weighted by atomic mass is 9.93. The summed E-state index contributed by atoms with van der Waals surface area (Å²) in [6.45, 7) is 9.10. The van der Waals surface area contributed by atoms with Crippen molar-refractivity contribution in [3.05, 3.63) is 89.5 Å². The van der Waals surface area contributed by atoms with Gasteiger partial charge in [-0.1, -0.05) is 73.5 Å². The first-order chi connectivity index (χ1) is 18.2. The van der Waals surface area contributed by atoms with Gasteiger partial charge >= 0.3 is 6.09 Å². The highest BCUT2D eigenvalue weighted by Crippen LogP contribution is 2.29. The van der Waals surface area contributed by atoms with Gasteiger partial charge in [-0.15, -0.1) is 0 Å². The minimum Gasteiger partial charge on any atom is -0.488 e. The van der Waals surface area contributed by atoms with Gasteiger partial charge in [0.05, 0.1) is 6.10 Å². The zero-order valence-corrected chi connectivity index (χ0v) is 22.9. The van der Waals surface area contributed by atoms with Crippen LogP contribution < -0.4 is 20.5 Å². The first-order valence-electron chi connectivity index (χ1n) is 13.3. The van der Waals surface area contributed by atoms with E-state index in [1.54, 1.807) is 25.1 Å². The molecular weight excluding hydrogens is 478 g/mol. The maximum absolute atomic E-state index is 13.5. The van der Waals surface area contributed by atoms with Crippen molar-refractivity contribution >= 4 is 11.8 Å². The molecule has 0 aliphatic carbocycles. The molecule has 0 aliphatic rings. The van der Waals surface area contributed by atoms with Crippen LogP contribution in [0.25, 0.3) is 0 Å². The Morgan fingerprint density at radius 1 is 1.05 bits per heavy atom. The van der Waals surface area contributed by atoms with E-state index in [4.69, 9.17) is 15.2 Å². The van der Waals surface area contributed by atoms with Crippen molar-refractivity contribution in [1.29, 1.82) is 0 Å². The highest BCUT2D eigenvalue weighted by molar-refractivity contribution is 5.72. The number of hydrogen-bond donors (Lipinski definition) is 3. The minimum absolute atomic E-state index is 0.284. The van der Waals surface area contributed by atoms with Crippen LogP contribution in [0.3, 0.4) is 0 Å². The molecule has 0 saturated carbocycles. The van der Waals surface area contributed by atoms with Gasteiger partial charge in [-0.25, -0.2) is 4.79 Å². The van der Waals surface area contributed by atoms with Gasteiger partial charge in [0.1, 0.15) is 12.3 Å². The van der Waals surface area contributed by atoms with Gasteiger partial charge in [-0.2, -0.15) is 0 Å². The third-order valence-electron chi connectivity index (χ3n) is 6.62. The van der Waals surface area contributed by atoms with Crippen LogP contribution in [0.2, 0.25) is 0 Å². The van der Waals surface area contributed by atoms with Crippen molar-refractivity contribution in [2.24, 2.45) is 5.73 Å². The first-order valence-corrected chi connectivity index (χ1v) is 13.3. The Morgan fingerprint density at radius 3 is 2.39 bits per heavy atom. The molecule has 2 atom stereocenters. The van der Waals surface area contributed by atoms with Gasteiger partial charge in [-0.3, -0.25) is 4.90 Å². The summed E-state index contributed by atoms with van der Waals surface area (Å²) in [5.41, 5.74) is 9.78. The van der Waals surface area contributed by atoms with Gasteiger partial charge in [0, 0.05) is 25.2 Å². The number of aliphatic hydroxyl groups is 1. The van der Waals surface area contributed by atoms with E-state index in [9.17, 15) is 9.90 Å². The van der Waals surface area contributed by atoms with Crippen molar-refractivity contribution < 1.29 is 19.4 Å². The molecule has 0 fully saturated rings. The molecule has 204 valence electrons. The molecule has 7 heteroatoms. The predicted octanol–water partition coefficient (Wildman–Crippen LogP) is 5.67. The molecule has 1 amide bonds. The molecule has 4 N–H and O–H groups in total. The number of anilines is 1. The molecule has 3 aromatic rings. The molecule has 0 spiro atoms. The summed E-state index contributed by atoms with van der Waals surface area (Å²) in [6, 6.07) is 22.9. The second-order valence-electron chi connectivity index (χ2n) is 9.74. The first kappa shape index (κ1) is 29.0. The largest absolute Gasteiger partial charge is 0.488 e. The van der Waals surface area contributed by atoms with Gasteiger partial charge in [-0.05, 0) is 56.5 Å². The predicted molar refractivity (Wildman–Crippen MR) is 153 cm³/mol. The Morgan fingerprint density at radius 2 is 1.74 bits per heavy atom. The molecule has 0 aliphatic heterocycles. The van der Waals surface area contributed by atoms with E-state index in [0.29, 0.717) is 31.2 Å². The number of amides is 1. The fourth-order valence-corrected chi connectivity index (χ4v) is 4.34. The van der Waals surface area contributed by atoms with Crippen molar-refractivity contribution in [1.82, 2.24) is 4.90 Å². The Balaban J connectivity index is 1.72. The van der Waals surface area contributed by atoms with E-state index in [1.807, 2.05) is 43.3 Å². The van der Waals surface area contributed by atoms with Crippen LogP contribution in [0.4, 0.5) is 10.5 Å². The lowest BCUT2D eigenvalue weighted by molar-refractivity contribution is -0.00950. The number of para-hydroxylation sites is 2. The number of aliphatic hydroxyl groups excluding tert-OH is 1. The highest BCUT2D eigenvalue weighted by Gasteiger charge is 2.41. The Hall–Kier alpha value is -3.55. The summed E-state index contributed by atoms with van der Waals surface area (Å²) < 4.78 is 11.8. The molecule has 2 unspecified atom stereocenters. The molecule has 0 radical (unpaired) electrons. The quantitative estimate of drug-likeness (QED) is 0.199. The summed E-state index contributed by atoms with van der Waals surface area (Å²) in [6.07, 6.45) is 0.250. The third kappa shape index (κ3) is 7.73. The maximum Gasteiger partial charge on any atom is 0.416 e. The maximum atomic E-state index is 13.5. The summed E-state index contributed by atoms with van der Waals surface area (Å²) in [7, 11) is 0. The van der Waals surface area contributed by atoms with Crippen molar-refractivity contribution in [3.8, 4) is 11.5 Å². The van der Waals surface area contributed by atoms with Crippen molar-refractivity contribution in [2.45, 2.75) is 58.7 Å². The molecule has 3 rings (SSSR count). The zero-order valence-electron chi connectivity index (χ0n) is 22.9. The van der Waals surface area contributed by atoms with Crippen molar-refractivity contribution in [2.75, 3.05) is 25.0 Å². The molecule has 0 bridgehead atoms. The van der Waals surface area contributed by atoms with Gasteiger partial charge in [0.2, 0.25) is 0 Å². The zero-order chi connectivity index (χ0) is 27.5. The lowest BCUT2D eigenvalue weighted by Gasteiger charge is -2.42. The average Bonchev–Trinajstić information content (AvgIpc) is 2.89. The lowest BCUT2D eigenvalue weighted by Crippen LogP contribution is -2.66. The molecule has 3 aromatic carbocycles. The Labute approximate surface area is 226 Å². The molecule has 0 heterocycles. The van der Waals surface area contributed by atoms with E-state index < -0.39 is 17.9 Å². The topological polar surface area (TPSA) is 97.1 Å². The van der Waals surface area contributed by atoms with Crippen LogP contribution in [0.15, 0.2) is 72.8 Å². The molecular formula is C31H41N3O4. The minimum atomic E-state index is -1.35. The number of rotatable bonds is 13. The van der Waals surface area contributed by atoms with E-state index >= 15 is 0 Å². The van der Waals surface area contributed by atoms with E-state index in [2.05, 4.69) is 37.4 Å². The smallest absolute Gasteiger partial charge is 0.416 e. The Kier molecular flexibility index (Phi) is 10.6. The summed E-state index contributed by atoms with van der Waals surface area (Å²) in [5.74, 6) is 0.764. The third-order valence-corrected chi connectivity index (χ3v) is 6.62. The Bertz CT molecular complexity index is 1170. The standard InChI is InChI=1S/C31H41N3O4/c1-5-6-19-34(31(32,25(4)35)22-26-12-8-7-9-13-26)30(36)38-29-15-11-10-14-28(29)37-20-18-33-27-17-16-23(2)21-24(27)3/h7-17,21,25,33,35H,5-6,18-20,22,32H2,1-4H3. The van der Waals surface area contributed by atoms with Gasteiger partial charge < -0.3 is 25.6 Å². The number of hydrogen-bond acceptors (Lipinski definition) is 6. The number of nitrogens with one attached hydrogen (secondary N) is 1. The average molecular weight is 520 g/mol. The number of benzene rings is 3. The van der Waals surface area contributed by atoms with Crippen molar-refractivity contribution in [3.63, 3.8) is 0 Å². The fraction of sp³-hybridized carbons (Fsp3) is 0.387. The number of carbonyl (C=O) groups excluding carboxylic acids is 1. The molecule has 38 heavy (non-hydrogen) atoms. The number of unbranched alkanes of at least 4 members (excludes halogenated alkanes) is 1. The van der Waals surface area contributed by atoms with E-state index in [1.165, 1.54) is 16.0 Å². The van der Waals surface area contributed by atoms with Crippen LogP contribution in [0, 0.1) is 13.8 Å². The number of ether oxygens (including phenoxy) is 2. The summed E-state index contributed by atoms with van der Waals surface area (Å²) in [5, 5.41) is 14.1. The second kappa shape index (κ2) is 13.8. The normalized spacial score (nSPS) is 13.3. The molecule has 0 saturated heterocycles. The van der Waals surface area contributed by atoms with Gasteiger partial charge in [0.15, 0.2) is 11.5 Å². The summed E-state index contributed by atoms with van der Waals surface area (Å²) in [4.78, 5) is 15.0. The fourth-order valence-electron chi connectivity index (χ4n) is 4.34. The summed E-state index contributed by atoms with van der Waals surface area (Å²) >= 11 is 0. The number of carbonyl (C=O) groups is 1. The highest BCUT2D eigenvalue weighted by atomic mass is 16.6. The molecule has 7 nitrogen and oxygen atoms in total. The number of nitrogens with two attached hydrogens (primary N) is 1. The van der Waals surface area contributed by atoms with Crippen LogP contribution >= 0.6 is 0 Å². The SMILES string of the molecule is CCCCN(C(=O)Oc1ccccc1OCCNc1ccc(C)cc1C)C(N)(Cc1ccccc1)C(C)O. The van der Waals surface area contributed by atoms with E-state index in [-0.39, 0.29) is 6.42 Å².